The zero-order valence-corrected chi connectivity index (χ0v) is 27.2. The standard InChI is InChI=1S/C38H44N2O6/c1-43-33-17-9-29(10-18-33)25-39(26-30-11-19-34(44-2)20-12-30)37(41)7-5-6-8-38(42)40(27-31-13-21-35(45-3)22-14-31)28-32-15-23-36(46-4)24-16-32/h9-24H,5-8,25-28H2,1-4H3. The van der Waals surface area contributed by atoms with Crippen molar-refractivity contribution >= 4 is 11.8 Å². The Labute approximate surface area is 272 Å². The summed E-state index contributed by atoms with van der Waals surface area (Å²) in [5, 5.41) is 0. The molecule has 46 heavy (non-hydrogen) atoms. The third kappa shape index (κ3) is 10.3. The maximum Gasteiger partial charge on any atom is 0.223 e. The van der Waals surface area contributed by atoms with Gasteiger partial charge in [0.15, 0.2) is 0 Å². The Hall–Kier alpha value is -4.98. The van der Waals surface area contributed by atoms with Gasteiger partial charge in [0.2, 0.25) is 11.8 Å². The normalized spacial score (nSPS) is 10.6. The van der Waals surface area contributed by atoms with Crippen molar-refractivity contribution in [1.29, 1.82) is 0 Å². The van der Waals surface area contributed by atoms with Crippen LogP contribution in [0.1, 0.15) is 47.9 Å². The smallest absolute Gasteiger partial charge is 0.223 e. The lowest BCUT2D eigenvalue weighted by atomic mass is 10.1. The SMILES string of the molecule is COc1ccc(CN(Cc2ccc(OC)cc2)C(=O)CCCCC(=O)N(Cc2ccc(OC)cc2)Cc2ccc(OC)cc2)cc1. The number of carbonyl (C=O) groups excluding carboxylic acids is 2. The van der Waals surface area contributed by atoms with Crippen LogP contribution in [0.2, 0.25) is 0 Å². The highest BCUT2D eigenvalue weighted by atomic mass is 16.5. The first-order valence-corrected chi connectivity index (χ1v) is 15.5. The minimum absolute atomic E-state index is 0.0485. The lowest BCUT2D eigenvalue weighted by molar-refractivity contribution is -0.134. The number of hydrogen-bond acceptors (Lipinski definition) is 6. The average Bonchev–Trinajstić information content (AvgIpc) is 3.10. The number of ether oxygens (including phenoxy) is 4. The second-order valence-electron chi connectivity index (χ2n) is 11.1. The van der Waals surface area contributed by atoms with E-state index in [9.17, 15) is 9.59 Å². The van der Waals surface area contributed by atoms with Crippen LogP contribution in [0, 0.1) is 0 Å². The molecule has 0 fully saturated rings. The zero-order chi connectivity index (χ0) is 32.7. The maximum atomic E-state index is 13.5. The molecule has 2 amide bonds. The number of benzene rings is 4. The van der Waals surface area contributed by atoms with E-state index in [4.69, 9.17) is 18.9 Å². The monoisotopic (exact) mass is 624 g/mol. The molecule has 0 aromatic heterocycles. The van der Waals surface area contributed by atoms with Crippen LogP contribution < -0.4 is 18.9 Å². The van der Waals surface area contributed by atoms with Gasteiger partial charge in [-0.05, 0) is 83.6 Å². The predicted octanol–water partition coefficient (Wildman–Crippen LogP) is 7.04. The molecule has 0 bridgehead atoms. The fraction of sp³-hybridized carbons (Fsp3) is 0.316. The van der Waals surface area contributed by atoms with Gasteiger partial charge in [-0.2, -0.15) is 0 Å². The van der Waals surface area contributed by atoms with E-state index in [1.54, 1.807) is 28.4 Å². The summed E-state index contributed by atoms with van der Waals surface area (Å²) in [5.41, 5.74) is 4.08. The van der Waals surface area contributed by atoms with Gasteiger partial charge < -0.3 is 28.7 Å². The lowest BCUT2D eigenvalue weighted by Gasteiger charge is -2.24. The summed E-state index contributed by atoms with van der Waals surface area (Å²) >= 11 is 0. The van der Waals surface area contributed by atoms with Crippen LogP contribution in [-0.4, -0.2) is 50.1 Å². The molecule has 0 saturated carbocycles. The second kappa shape index (κ2) is 17.5. The van der Waals surface area contributed by atoms with Gasteiger partial charge in [-0.1, -0.05) is 48.5 Å². The largest absolute Gasteiger partial charge is 0.497 e. The molecule has 0 radical (unpaired) electrons. The summed E-state index contributed by atoms with van der Waals surface area (Å²) in [6.45, 7) is 1.91. The van der Waals surface area contributed by atoms with Crippen LogP contribution in [0.5, 0.6) is 23.0 Å². The highest BCUT2D eigenvalue weighted by molar-refractivity contribution is 5.77. The first kappa shape index (κ1) is 33.9. The molecule has 0 saturated heterocycles. The summed E-state index contributed by atoms with van der Waals surface area (Å²) in [6, 6.07) is 31.1. The number of nitrogens with zero attached hydrogens (tertiary/aromatic N) is 2. The van der Waals surface area contributed by atoms with E-state index in [2.05, 4.69) is 0 Å². The molecule has 0 aliphatic carbocycles. The van der Waals surface area contributed by atoms with Gasteiger partial charge in [-0.25, -0.2) is 0 Å². The Kier molecular flexibility index (Phi) is 12.9. The number of unbranched alkanes of at least 4 members (excludes halogenated alkanes) is 1. The van der Waals surface area contributed by atoms with E-state index >= 15 is 0 Å². The molecule has 8 heteroatoms. The molecule has 0 heterocycles. The van der Waals surface area contributed by atoms with Crippen molar-refractivity contribution in [3.8, 4) is 23.0 Å². The summed E-state index contributed by atoms with van der Waals surface area (Å²) < 4.78 is 21.2. The first-order chi connectivity index (χ1) is 22.4. The molecule has 4 rings (SSSR count). The van der Waals surface area contributed by atoms with Crippen LogP contribution in [-0.2, 0) is 35.8 Å². The fourth-order valence-electron chi connectivity index (χ4n) is 5.14. The topological polar surface area (TPSA) is 77.5 Å². The molecule has 4 aromatic carbocycles. The second-order valence-corrected chi connectivity index (χ2v) is 11.1. The van der Waals surface area contributed by atoms with Crippen LogP contribution in [0.25, 0.3) is 0 Å². The summed E-state index contributed by atoms with van der Waals surface area (Å²) in [7, 11) is 6.54. The van der Waals surface area contributed by atoms with Crippen molar-refractivity contribution in [2.24, 2.45) is 0 Å². The Balaban J connectivity index is 1.37. The van der Waals surface area contributed by atoms with E-state index in [1.807, 2.05) is 107 Å². The van der Waals surface area contributed by atoms with E-state index in [0.29, 0.717) is 51.9 Å². The van der Waals surface area contributed by atoms with Gasteiger partial charge in [0.25, 0.3) is 0 Å². The summed E-state index contributed by atoms with van der Waals surface area (Å²) in [4.78, 5) is 30.8. The third-order valence-corrected chi connectivity index (χ3v) is 7.87. The molecule has 8 nitrogen and oxygen atoms in total. The van der Waals surface area contributed by atoms with Crippen molar-refractivity contribution in [2.45, 2.75) is 51.9 Å². The fourth-order valence-corrected chi connectivity index (χ4v) is 5.14. The van der Waals surface area contributed by atoms with Gasteiger partial charge in [-0.15, -0.1) is 0 Å². The molecular formula is C38H44N2O6. The molecule has 0 unspecified atom stereocenters. The summed E-state index contributed by atoms with van der Waals surface area (Å²) in [6.07, 6.45) is 1.95. The molecule has 0 aliphatic heterocycles. The molecule has 242 valence electrons. The van der Waals surface area contributed by atoms with Crippen molar-refractivity contribution in [3.63, 3.8) is 0 Å². The number of hydrogen-bond donors (Lipinski definition) is 0. The Morgan fingerprint density at radius 1 is 0.413 bits per heavy atom. The highest BCUT2D eigenvalue weighted by Gasteiger charge is 2.18. The van der Waals surface area contributed by atoms with Gasteiger partial charge in [-0.3, -0.25) is 9.59 Å². The number of carbonyl (C=O) groups is 2. The van der Waals surface area contributed by atoms with Crippen LogP contribution in [0.3, 0.4) is 0 Å². The minimum atomic E-state index is 0.0485. The minimum Gasteiger partial charge on any atom is -0.497 e. The van der Waals surface area contributed by atoms with Crippen LogP contribution in [0.4, 0.5) is 0 Å². The van der Waals surface area contributed by atoms with Gasteiger partial charge >= 0.3 is 0 Å². The number of rotatable bonds is 17. The average molecular weight is 625 g/mol. The number of methoxy groups -OCH3 is 4. The lowest BCUT2D eigenvalue weighted by Crippen LogP contribution is -2.31. The Morgan fingerprint density at radius 3 is 0.826 bits per heavy atom. The van der Waals surface area contributed by atoms with Gasteiger partial charge in [0.1, 0.15) is 23.0 Å². The molecule has 0 atom stereocenters. The summed E-state index contributed by atoms with van der Waals surface area (Å²) in [5.74, 6) is 3.19. The van der Waals surface area contributed by atoms with E-state index < -0.39 is 0 Å². The van der Waals surface area contributed by atoms with Gasteiger partial charge in [0, 0.05) is 39.0 Å². The van der Waals surface area contributed by atoms with Crippen molar-refractivity contribution in [1.82, 2.24) is 9.80 Å². The quantitative estimate of drug-likeness (QED) is 0.117. The highest BCUT2D eigenvalue weighted by Crippen LogP contribution is 2.21. The molecule has 0 N–H and O–H groups in total. The van der Waals surface area contributed by atoms with E-state index in [1.165, 1.54) is 0 Å². The number of amides is 2. The van der Waals surface area contributed by atoms with Gasteiger partial charge in [0.05, 0.1) is 28.4 Å². The molecule has 4 aromatic rings. The van der Waals surface area contributed by atoms with Crippen LogP contribution >= 0.6 is 0 Å². The van der Waals surface area contributed by atoms with E-state index in [0.717, 1.165) is 45.3 Å². The van der Waals surface area contributed by atoms with Crippen LogP contribution in [0.15, 0.2) is 97.1 Å². The van der Waals surface area contributed by atoms with Crippen molar-refractivity contribution < 1.29 is 28.5 Å². The zero-order valence-electron chi connectivity index (χ0n) is 27.2. The molecule has 0 aliphatic rings. The molecule has 0 spiro atoms. The van der Waals surface area contributed by atoms with E-state index in [-0.39, 0.29) is 11.8 Å². The van der Waals surface area contributed by atoms with Crippen molar-refractivity contribution in [3.05, 3.63) is 119 Å². The van der Waals surface area contributed by atoms with Crippen molar-refractivity contribution in [2.75, 3.05) is 28.4 Å². The maximum absolute atomic E-state index is 13.5. The third-order valence-electron chi connectivity index (χ3n) is 7.87. The molecular weight excluding hydrogens is 580 g/mol. The Bertz CT molecular complexity index is 1290. The predicted molar refractivity (Wildman–Crippen MR) is 179 cm³/mol. The Morgan fingerprint density at radius 2 is 0.630 bits per heavy atom. The first-order valence-electron chi connectivity index (χ1n) is 15.5.